The molecule has 1 aromatic heterocycles. The minimum Gasteiger partial charge on any atom is -0.497 e. The van der Waals surface area contributed by atoms with Gasteiger partial charge in [0.25, 0.3) is 11.8 Å². The maximum atomic E-state index is 13.6. The Bertz CT molecular complexity index is 1870. The summed E-state index contributed by atoms with van der Waals surface area (Å²) in [4.78, 5) is 26.4. The van der Waals surface area contributed by atoms with Crippen LogP contribution >= 0.6 is 11.8 Å². The standard InChI is InChI=1S/C32H35N7O6S2/c1-37(2)47(42,43)26-16-10-23(11-17-26)31(41)33-19-29-34-35-32(38(29)3)46-20-30(40)39-28(22-8-14-25(45-5)15-9-22)18-27(36-39)21-6-12-24(44-4)13-7-21/h6-17,28H,18-20H2,1-5H3,(H,33,41)/t28-/m1/s1. The molecule has 47 heavy (non-hydrogen) atoms. The third kappa shape index (κ3) is 7.48. The molecular weight excluding hydrogens is 643 g/mol. The van der Waals surface area contributed by atoms with E-state index in [-0.39, 0.29) is 29.1 Å². The van der Waals surface area contributed by atoms with Crippen molar-refractivity contribution in [3.63, 3.8) is 0 Å². The minimum absolute atomic E-state index is 0.0621. The molecule has 2 heterocycles. The van der Waals surface area contributed by atoms with Crippen molar-refractivity contribution in [3.8, 4) is 11.5 Å². The van der Waals surface area contributed by atoms with Gasteiger partial charge in [-0.2, -0.15) is 5.10 Å². The number of nitrogens with zero attached hydrogens (tertiary/aromatic N) is 6. The molecule has 4 aromatic rings. The number of nitrogens with one attached hydrogen (secondary N) is 1. The van der Waals surface area contributed by atoms with Crippen LogP contribution in [-0.4, -0.2) is 84.1 Å². The van der Waals surface area contributed by atoms with Crippen LogP contribution in [-0.2, 0) is 28.4 Å². The second kappa shape index (κ2) is 14.4. The number of sulfonamides is 1. The van der Waals surface area contributed by atoms with Crippen LogP contribution in [0.5, 0.6) is 11.5 Å². The predicted molar refractivity (Wildman–Crippen MR) is 177 cm³/mol. The van der Waals surface area contributed by atoms with Crippen LogP contribution in [0.25, 0.3) is 0 Å². The summed E-state index contributed by atoms with van der Waals surface area (Å²) in [6, 6.07) is 20.6. The molecule has 0 aliphatic carbocycles. The van der Waals surface area contributed by atoms with Gasteiger partial charge in [-0.05, 0) is 71.8 Å². The Labute approximate surface area is 277 Å². The van der Waals surface area contributed by atoms with Gasteiger partial charge in [0.2, 0.25) is 10.0 Å². The number of thioether (sulfide) groups is 1. The molecule has 15 heteroatoms. The average molecular weight is 678 g/mol. The molecular formula is C32H35N7O6S2. The highest BCUT2D eigenvalue weighted by molar-refractivity contribution is 7.99. The molecule has 1 aliphatic rings. The Morgan fingerprint density at radius 1 is 0.936 bits per heavy atom. The van der Waals surface area contributed by atoms with Crippen molar-refractivity contribution in [1.29, 1.82) is 0 Å². The van der Waals surface area contributed by atoms with Crippen LogP contribution in [0.15, 0.2) is 87.9 Å². The van der Waals surface area contributed by atoms with E-state index < -0.39 is 15.9 Å². The van der Waals surface area contributed by atoms with E-state index in [0.29, 0.717) is 23.0 Å². The van der Waals surface area contributed by atoms with E-state index in [0.717, 1.165) is 32.6 Å². The maximum Gasteiger partial charge on any atom is 0.253 e. The lowest BCUT2D eigenvalue weighted by Crippen LogP contribution is -2.28. The van der Waals surface area contributed by atoms with E-state index in [2.05, 4.69) is 15.5 Å². The number of ether oxygens (including phenoxy) is 2. The number of hydrazone groups is 1. The monoisotopic (exact) mass is 677 g/mol. The van der Waals surface area contributed by atoms with E-state index in [1.54, 1.807) is 25.8 Å². The van der Waals surface area contributed by atoms with E-state index >= 15 is 0 Å². The van der Waals surface area contributed by atoms with Gasteiger partial charge in [-0.25, -0.2) is 17.7 Å². The van der Waals surface area contributed by atoms with Crippen LogP contribution in [0.1, 0.15) is 39.8 Å². The lowest BCUT2D eigenvalue weighted by molar-refractivity contribution is -0.130. The van der Waals surface area contributed by atoms with Crippen LogP contribution in [0.2, 0.25) is 0 Å². The Kier molecular flexibility index (Phi) is 10.3. The van der Waals surface area contributed by atoms with E-state index in [1.165, 1.54) is 55.1 Å². The number of methoxy groups -OCH3 is 2. The van der Waals surface area contributed by atoms with Gasteiger partial charge in [0.15, 0.2) is 11.0 Å². The summed E-state index contributed by atoms with van der Waals surface area (Å²) in [5, 5.41) is 18.0. The van der Waals surface area contributed by atoms with Crippen molar-refractivity contribution >= 4 is 39.3 Å². The second-order valence-electron chi connectivity index (χ2n) is 10.7. The van der Waals surface area contributed by atoms with Gasteiger partial charge >= 0.3 is 0 Å². The van der Waals surface area contributed by atoms with E-state index in [4.69, 9.17) is 14.6 Å². The van der Waals surface area contributed by atoms with Gasteiger partial charge in [0.1, 0.15) is 11.5 Å². The van der Waals surface area contributed by atoms with Crippen LogP contribution in [0.3, 0.4) is 0 Å². The molecule has 1 aliphatic heterocycles. The molecule has 3 aromatic carbocycles. The number of carbonyl (C=O) groups is 2. The molecule has 1 atom stereocenters. The zero-order valence-corrected chi connectivity index (χ0v) is 28.2. The smallest absolute Gasteiger partial charge is 0.253 e. The zero-order valence-electron chi connectivity index (χ0n) is 26.6. The Morgan fingerprint density at radius 3 is 2.15 bits per heavy atom. The molecule has 0 bridgehead atoms. The average Bonchev–Trinajstić information content (AvgIpc) is 3.70. The first-order valence-electron chi connectivity index (χ1n) is 14.5. The van der Waals surface area contributed by atoms with Gasteiger partial charge in [-0.15, -0.1) is 10.2 Å². The SMILES string of the molecule is COc1ccc(C2=NN(C(=O)CSc3nnc(CNC(=O)c4ccc(S(=O)(=O)N(C)C)cc4)n3C)[C@@H](c3ccc(OC)cc3)C2)cc1. The lowest BCUT2D eigenvalue weighted by atomic mass is 9.98. The van der Waals surface area contributed by atoms with Crippen molar-refractivity contribution in [2.45, 2.75) is 29.1 Å². The number of carbonyl (C=O) groups excluding carboxylic acids is 2. The summed E-state index contributed by atoms with van der Waals surface area (Å²) in [7, 11) is 4.26. The number of hydrogen-bond acceptors (Lipinski definition) is 10. The number of hydrogen-bond donors (Lipinski definition) is 1. The Balaban J connectivity index is 1.24. The van der Waals surface area contributed by atoms with Gasteiger partial charge < -0.3 is 19.4 Å². The summed E-state index contributed by atoms with van der Waals surface area (Å²) >= 11 is 1.22. The summed E-state index contributed by atoms with van der Waals surface area (Å²) in [5.74, 6) is 1.41. The Morgan fingerprint density at radius 2 is 1.55 bits per heavy atom. The maximum absolute atomic E-state index is 13.6. The first-order valence-corrected chi connectivity index (χ1v) is 16.9. The minimum atomic E-state index is -3.60. The number of aromatic nitrogens is 3. The van der Waals surface area contributed by atoms with Crippen molar-refractivity contribution in [2.75, 3.05) is 34.1 Å². The van der Waals surface area contributed by atoms with Gasteiger partial charge in [-0.3, -0.25) is 9.59 Å². The molecule has 0 saturated heterocycles. The summed E-state index contributed by atoms with van der Waals surface area (Å²) < 4.78 is 38.0. The van der Waals surface area contributed by atoms with Gasteiger partial charge in [0.05, 0.1) is 43.2 Å². The third-order valence-corrected chi connectivity index (χ3v) is 10.5. The van der Waals surface area contributed by atoms with Gasteiger partial charge in [0, 0.05) is 33.1 Å². The fourth-order valence-electron chi connectivity index (χ4n) is 4.85. The van der Waals surface area contributed by atoms with Crippen LogP contribution in [0.4, 0.5) is 0 Å². The highest BCUT2D eigenvalue weighted by Crippen LogP contribution is 2.35. The molecule has 246 valence electrons. The molecule has 2 amide bonds. The second-order valence-corrected chi connectivity index (χ2v) is 13.8. The fourth-order valence-corrected chi connectivity index (χ4v) is 6.54. The predicted octanol–water partition coefficient (Wildman–Crippen LogP) is 3.48. The van der Waals surface area contributed by atoms with Gasteiger partial charge in [-0.1, -0.05) is 23.9 Å². The normalized spacial score (nSPS) is 14.6. The molecule has 0 unspecified atom stereocenters. The quantitative estimate of drug-likeness (QED) is 0.223. The first-order chi connectivity index (χ1) is 22.5. The number of rotatable bonds is 12. The zero-order chi connectivity index (χ0) is 33.7. The van der Waals surface area contributed by atoms with Crippen LogP contribution in [0, 0.1) is 0 Å². The molecule has 0 fully saturated rings. The molecule has 5 rings (SSSR count). The summed E-state index contributed by atoms with van der Waals surface area (Å²) in [5.41, 5.74) is 2.93. The van der Waals surface area contributed by atoms with E-state index in [1.807, 2.05) is 48.5 Å². The van der Waals surface area contributed by atoms with Crippen molar-refractivity contribution in [3.05, 3.63) is 95.3 Å². The molecule has 0 spiro atoms. The molecule has 0 saturated carbocycles. The van der Waals surface area contributed by atoms with Crippen molar-refractivity contribution in [2.24, 2.45) is 12.1 Å². The number of amides is 2. The first kappa shape index (κ1) is 33.6. The highest BCUT2D eigenvalue weighted by atomic mass is 32.2. The summed E-state index contributed by atoms with van der Waals surface area (Å²) in [6.07, 6.45) is 0.539. The molecule has 1 N–H and O–H groups in total. The lowest BCUT2D eigenvalue weighted by Gasteiger charge is -2.22. The highest BCUT2D eigenvalue weighted by Gasteiger charge is 2.33. The number of benzene rings is 3. The van der Waals surface area contributed by atoms with Crippen molar-refractivity contribution in [1.82, 2.24) is 29.4 Å². The fraction of sp³-hybridized carbons (Fsp3) is 0.281. The molecule has 0 radical (unpaired) electrons. The summed E-state index contributed by atoms with van der Waals surface area (Å²) in [6.45, 7) is 0.0791. The van der Waals surface area contributed by atoms with Crippen molar-refractivity contribution < 1.29 is 27.5 Å². The third-order valence-electron chi connectivity index (χ3n) is 7.64. The largest absolute Gasteiger partial charge is 0.497 e. The topological polar surface area (TPSA) is 148 Å². The molecule has 13 nitrogen and oxygen atoms in total. The Hall–Kier alpha value is -4.73. The van der Waals surface area contributed by atoms with Crippen LogP contribution < -0.4 is 14.8 Å². The van der Waals surface area contributed by atoms with E-state index in [9.17, 15) is 18.0 Å².